The zero-order valence-electron chi connectivity index (χ0n) is 31.8. The van der Waals surface area contributed by atoms with Crippen LogP contribution in [0.15, 0.2) is 48.6 Å². The monoisotopic (exact) mass is 643 g/mol. The lowest BCUT2D eigenvalue weighted by molar-refractivity contribution is -0.870. The smallest absolute Gasteiger partial charge is 0.306 e. The van der Waals surface area contributed by atoms with Crippen LogP contribution in [0.1, 0.15) is 187 Å². The summed E-state index contributed by atoms with van der Waals surface area (Å²) in [6.45, 7) is 5.53. The lowest BCUT2D eigenvalue weighted by Gasteiger charge is -2.24. The van der Waals surface area contributed by atoms with Crippen LogP contribution in [-0.4, -0.2) is 44.2 Å². The Labute approximate surface area is 289 Å². The summed E-state index contributed by atoms with van der Waals surface area (Å²) in [4.78, 5) is 12.6. The van der Waals surface area contributed by atoms with Gasteiger partial charge in [-0.25, -0.2) is 0 Å². The molecule has 1 unspecified atom stereocenters. The predicted molar refractivity (Wildman–Crippen MR) is 205 cm³/mol. The van der Waals surface area contributed by atoms with E-state index in [0.717, 1.165) is 43.1 Å². The Hall–Kier alpha value is -1.61. The third-order valence-electron chi connectivity index (χ3n) is 8.71. The number of unbranched alkanes of at least 4 members (excludes halogenated alkanes) is 17. The molecule has 0 rings (SSSR count). The minimum Gasteiger partial charge on any atom is -0.462 e. The fourth-order valence-electron chi connectivity index (χ4n) is 5.75. The van der Waals surface area contributed by atoms with E-state index >= 15 is 0 Å². The van der Waals surface area contributed by atoms with Crippen LogP contribution >= 0.6 is 0 Å². The van der Waals surface area contributed by atoms with Gasteiger partial charge in [0, 0.05) is 6.42 Å². The third-order valence-corrected chi connectivity index (χ3v) is 8.71. The van der Waals surface area contributed by atoms with Crippen LogP contribution in [0.2, 0.25) is 0 Å². The normalized spacial score (nSPS) is 13.2. The highest BCUT2D eigenvalue weighted by atomic mass is 16.5. The van der Waals surface area contributed by atoms with E-state index in [-0.39, 0.29) is 12.1 Å². The first-order chi connectivity index (χ1) is 22.4. The SMILES string of the molecule is CCCCC/C=C\C/C=C\CCCCCCCCC(CCCCCCC/C=C\C/C=C\CCCCC)OC(=O)CCC[N+](C)(C)C. The highest BCUT2D eigenvalue weighted by Crippen LogP contribution is 2.18. The van der Waals surface area contributed by atoms with E-state index in [9.17, 15) is 4.79 Å². The average molecular weight is 643 g/mol. The van der Waals surface area contributed by atoms with Crippen molar-refractivity contribution < 1.29 is 14.0 Å². The maximum Gasteiger partial charge on any atom is 0.306 e. The summed E-state index contributed by atoms with van der Waals surface area (Å²) in [5, 5.41) is 0. The maximum atomic E-state index is 12.6. The highest BCUT2D eigenvalue weighted by molar-refractivity contribution is 5.69. The maximum absolute atomic E-state index is 12.6. The van der Waals surface area contributed by atoms with Crippen LogP contribution in [0.3, 0.4) is 0 Å². The summed E-state index contributed by atoms with van der Waals surface area (Å²) < 4.78 is 6.93. The van der Waals surface area contributed by atoms with Gasteiger partial charge in [0.05, 0.1) is 34.1 Å². The Morgan fingerprint density at radius 1 is 0.500 bits per heavy atom. The van der Waals surface area contributed by atoms with Crippen molar-refractivity contribution in [1.29, 1.82) is 0 Å². The summed E-state index contributed by atoms with van der Waals surface area (Å²) in [5.74, 6) is 0.0149. The van der Waals surface area contributed by atoms with Crippen LogP contribution in [0.4, 0.5) is 0 Å². The number of allylic oxidation sites excluding steroid dienone is 8. The first-order valence-corrected chi connectivity index (χ1v) is 20.0. The molecule has 3 heteroatoms. The summed E-state index contributed by atoms with van der Waals surface area (Å²) >= 11 is 0. The Balaban J connectivity index is 4.10. The number of esters is 1. The van der Waals surface area contributed by atoms with Gasteiger partial charge >= 0.3 is 5.97 Å². The van der Waals surface area contributed by atoms with E-state index in [1.54, 1.807) is 0 Å². The van der Waals surface area contributed by atoms with Gasteiger partial charge in [-0.1, -0.05) is 133 Å². The molecule has 0 heterocycles. The molecule has 0 aliphatic carbocycles. The topological polar surface area (TPSA) is 26.3 Å². The van der Waals surface area contributed by atoms with E-state index in [1.807, 2.05) is 0 Å². The van der Waals surface area contributed by atoms with Gasteiger partial charge in [0.2, 0.25) is 0 Å². The molecule has 3 nitrogen and oxygen atoms in total. The van der Waals surface area contributed by atoms with Gasteiger partial charge in [0.1, 0.15) is 6.10 Å². The quantitative estimate of drug-likeness (QED) is 0.0302. The Kier molecular flexibility index (Phi) is 33.5. The van der Waals surface area contributed by atoms with Crippen molar-refractivity contribution in [3.8, 4) is 0 Å². The first kappa shape index (κ1) is 44.4. The number of carbonyl (C=O) groups excluding carboxylic acids is 1. The second kappa shape index (κ2) is 34.7. The molecule has 0 aromatic rings. The molecule has 268 valence electrons. The summed E-state index contributed by atoms with van der Waals surface area (Å²) in [7, 11) is 6.55. The molecule has 0 bridgehead atoms. The molecule has 0 saturated heterocycles. The Bertz CT molecular complexity index is 757. The lowest BCUT2D eigenvalue weighted by Crippen LogP contribution is -2.35. The Morgan fingerprint density at radius 2 is 0.870 bits per heavy atom. The van der Waals surface area contributed by atoms with Crippen LogP contribution < -0.4 is 0 Å². The van der Waals surface area contributed by atoms with Crippen molar-refractivity contribution in [2.75, 3.05) is 27.7 Å². The van der Waals surface area contributed by atoms with Crippen molar-refractivity contribution in [3.63, 3.8) is 0 Å². The fourth-order valence-corrected chi connectivity index (χ4v) is 5.75. The van der Waals surface area contributed by atoms with Gasteiger partial charge in [-0.05, 0) is 89.9 Å². The highest BCUT2D eigenvalue weighted by Gasteiger charge is 2.16. The molecule has 0 amide bonds. The van der Waals surface area contributed by atoms with Crippen molar-refractivity contribution in [1.82, 2.24) is 0 Å². The van der Waals surface area contributed by atoms with Crippen molar-refractivity contribution >= 4 is 5.97 Å². The minimum atomic E-state index is 0.0149. The molecule has 0 aromatic heterocycles. The molecular formula is C43H80NO2+. The van der Waals surface area contributed by atoms with Gasteiger partial charge in [0.25, 0.3) is 0 Å². The lowest BCUT2D eigenvalue weighted by atomic mass is 10.0. The van der Waals surface area contributed by atoms with Crippen LogP contribution in [0.25, 0.3) is 0 Å². The largest absolute Gasteiger partial charge is 0.462 e. The molecule has 0 spiro atoms. The molecule has 46 heavy (non-hydrogen) atoms. The average Bonchev–Trinajstić information content (AvgIpc) is 3.01. The molecule has 1 atom stereocenters. The molecule has 0 N–H and O–H groups in total. The van der Waals surface area contributed by atoms with Gasteiger partial charge in [-0.2, -0.15) is 0 Å². The zero-order chi connectivity index (χ0) is 33.8. The van der Waals surface area contributed by atoms with Crippen LogP contribution in [0.5, 0.6) is 0 Å². The summed E-state index contributed by atoms with van der Waals surface area (Å²) in [5.41, 5.74) is 0. The number of hydrogen-bond donors (Lipinski definition) is 0. The molecule has 0 radical (unpaired) electrons. The number of nitrogens with zero attached hydrogens (tertiary/aromatic N) is 1. The second-order valence-electron chi connectivity index (χ2n) is 14.6. The number of carbonyl (C=O) groups is 1. The van der Waals surface area contributed by atoms with Crippen LogP contribution in [0, 0.1) is 0 Å². The molecule has 0 saturated carbocycles. The van der Waals surface area contributed by atoms with Crippen LogP contribution in [-0.2, 0) is 9.53 Å². The number of rotatable bonds is 34. The molecule has 0 aromatic carbocycles. The standard InChI is InChI=1S/C43H80NO2/c1-6-8-10-12-14-16-18-20-22-24-26-28-30-32-34-36-39-42(46-43(45)40-37-41-44(3,4)5)38-35-33-31-29-27-25-23-21-19-17-15-13-11-9-7-2/h14-17,20-23,42H,6-13,18-19,24-41H2,1-5H3/q+1/b16-14-,17-15-,22-20-,23-21-. The number of ether oxygens (including phenoxy) is 1. The molecular weight excluding hydrogens is 562 g/mol. The first-order valence-electron chi connectivity index (χ1n) is 20.0. The van der Waals surface area contributed by atoms with Crippen molar-refractivity contribution in [3.05, 3.63) is 48.6 Å². The van der Waals surface area contributed by atoms with E-state index in [1.165, 1.54) is 135 Å². The van der Waals surface area contributed by atoms with Gasteiger partial charge < -0.3 is 9.22 Å². The van der Waals surface area contributed by atoms with Gasteiger partial charge in [-0.3, -0.25) is 4.79 Å². The fraction of sp³-hybridized carbons (Fsp3) is 0.791. The summed E-state index contributed by atoms with van der Waals surface area (Å²) in [6.07, 6.45) is 51.3. The predicted octanol–water partition coefficient (Wildman–Crippen LogP) is 13.4. The minimum absolute atomic E-state index is 0.0149. The Morgan fingerprint density at radius 3 is 1.26 bits per heavy atom. The van der Waals surface area contributed by atoms with Gasteiger partial charge in [0.15, 0.2) is 0 Å². The summed E-state index contributed by atoms with van der Waals surface area (Å²) in [6, 6.07) is 0. The van der Waals surface area contributed by atoms with E-state index < -0.39 is 0 Å². The zero-order valence-corrected chi connectivity index (χ0v) is 31.8. The van der Waals surface area contributed by atoms with Crippen molar-refractivity contribution in [2.24, 2.45) is 0 Å². The molecule has 0 aliphatic rings. The third kappa shape index (κ3) is 36.9. The van der Waals surface area contributed by atoms with E-state index in [4.69, 9.17) is 4.74 Å². The second-order valence-corrected chi connectivity index (χ2v) is 14.6. The van der Waals surface area contributed by atoms with E-state index in [0.29, 0.717) is 6.42 Å². The van der Waals surface area contributed by atoms with Crippen molar-refractivity contribution in [2.45, 2.75) is 193 Å². The van der Waals surface area contributed by atoms with Gasteiger partial charge in [-0.15, -0.1) is 0 Å². The molecule has 0 aliphatic heterocycles. The number of quaternary nitrogens is 1. The van der Waals surface area contributed by atoms with E-state index in [2.05, 4.69) is 83.6 Å². The number of hydrogen-bond acceptors (Lipinski definition) is 2. The molecule has 0 fully saturated rings.